The molecule has 0 spiro atoms. The number of carbonyl (C=O) groups excluding carboxylic acids is 1. The lowest BCUT2D eigenvalue weighted by Crippen LogP contribution is -2.50. The van der Waals surface area contributed by atoms with E-state index in [1.807, 2.05) is 6.92 Å². The van der Waals surface area contributed by atoms with Gasteiger partial charge in [-0.15, -0.1) is 0 Å². The van der Waals surface area contributed by atoms with Crippen LogP contribution in [0.3, 0.4) is 0 Å². The Hall–Kier alpha value is -3.23. The minimum Gasteiger partial charge on any atom is -0.481 e. The number of amides is 1. The van der Waals surface area contributed by atoms with E-state index in [0.29, 0.717) is 44.7 Å². The summed E-state index contributed by atoms with van der Waals surface area (Å²) in [6.45, 7) is 2.21. The van der Waals surface area contributed by atoms with Crippen molar-refractivity contribution in [1.82, 2.24) is 4.90 Å². The molecule has 1 unspecified atom stereocenters. The lowest BCUT2D eigenvalue weighted by atomic mass is 9.81. The Morgan fingerprint density at radius 2 is 1.43 bits per heavy atom. The van der Waals surface area contributed by atoms with Gasteiger partial charge in [0.1, 0.15) is 5.82 Å². The van der Waals surface area contributed by atoms with Crippen molar-refractivity contribution in [3.63, 3.8) is 0 Å². The minimum absolute atomic E-state index is 0.00270. The fraction of sp³-hybridized carbons (Fsp3) is 0.548. The maximum atomic E-state index is 15.0. The number of carboxylic acid groups (broad SMARTS) is 1. The highest BCUT2D eigenvalue weighted by atomic mass is 32.2. The first-order valence-corrected chi connectivity index (χ1v) is 16.4. The molecule has 46 heavy (non-hydrogen) atoms. The van der Waals surface area contributed by atoms with Crippen molar-refractivity contribution in [3.8, 4) is 0 Å². The molecule has 1 aliphatic carbocycles. The van der Waals surface area contributed by atoms with E-state index in [1.165, 1.54) is 0 Å². The third kappa shape index (κ3) is 7.33. The molecule has 2 aromatic carbocycles. The number of halogens is 8. The Bertz CT molecular complexity index is 1520. The largest absolute Gasteiger partial charge is 0.481 e. The van der Waals surface area contributed by atoms with Gasteiger partial charge in [-0.3, -0.25) is 9.59 Å². The molecule has 1 heterocycles. The standard InChI is InChI=1S/C31H33F8NO5S/c1-18-14-25(40(16-18)27(41)19-2-4-20(5-3-19)28(42)43)11-7-21-15-23(29(33,30(34,35)36)31(37,38)39)8-6-22(21)17-46(44,45)26-12-9-24(32)10-13-26/h6,8-10,12-13,15,18-20,25H,2-5,7,11,14,16-17H2,1H3,(H,42,43)/t18-,19?,20?,25?/m1/s1. The molecule has 6 nitrogen and oxygen atoms in total. The van der Waals surface area contributed by atoms with Crippen molar-refractivity contribution in [2.45, 2.75) is 86.6 Å². The van der Waals surface area contributed by atoms with Gasteiger partial charge in [-0.2, -0.15) is 26.3 Å². The number of aliphatic carboxylic acids is 1. The molecule has 2 aromatic rings. The second kappa shape index (κ2) is 13.1. The van der Waals surface area contributed by atoms with Gasteiger partial charge >= 0.3 is 24.0 Å². The van der Waals surface area contributed by atoms with Gasteiger partial charge in [0.25, 0.3) is 0 Å². The van der Waals surface area contributed by atoms with Crippen LogP contribution in [0.4, 0.5) is 35.1 Å². The zero-order valence-electron chi connectivity index (χ0n) is 24.7. The number of carboxylic acids is 1. The summed E-state index contributed by atoms with van der Waals surface area (Å²) in [6, 6.07) is 4.56. The normalized spacial score (nSPS) is 23.0. The topological polar surface area (TPSA) is 91.8 Å². The van der Waals surface area contributed by atoms with Crippen LogP contribution in [-0.2, 0) is 37.3 Å². The third-order valence-electron chi connectivity index (χ3n) is 8.98. The van der Waals surface area contributed by atoms with Crippen molar-refractivity contribution in [2.75, 3.05) is 6.54 Å². The van der Waals surface area contributed by atoms with Crippen LogP contribution in [0.2, 0.25) is 0 Å². The maximum absolute atomic E-state index is 15.0. The predicted molar refractivity (Wildman–Crippen MR) is 149 cm³/mol. The van der Waals surface area contributed by atoms with E-state index in [4.69, 9.17) is 0 Å². The highest BCUT2D eigenvalue weighted by molar-refractivity contribution is 7.90. The highest BCUT2D eigenvalue weighted by Crippen LogP contribution is 2.53. The molecule has 4 rings (SSSR count). The smallest absolute Gasteiger partial charge is 0.435 e. The van der Waals surface area contributed by atoms with Gasteiger partial charge in [0.15, 0.2) is 9.84 Å². The van der Waals surface area contributed by atoms with Gasteiger partial charge in [-0.25, -0.2) is 17.2 Å². The third-order valence-corrected chi connectivity index (χ3v) is 10.7. The average molecular weight is 684 g/mol. The second-order valence-corrected chi connectivity index (χ2v) is 14.3. The van der Waals surface area contributed by atoms with Gasteiger partial charge < -0.3 is 10.0 Å². The molecule has 15 heteroatoms. The molecule has 0 aromatic heterocycles. The summed E-state index contributed by atoms with van der Waals surface area (Å²) in [7, 11) is -4.26. The Kier molecular flexibility index (Phi) is 10.2. The van der Waals surface area contributed by atoms with Crippen LogP contribution < -0.4 is 0 Å². The zero-order valence-corrected chi connectivity index (χ0v) is 25.5. The molecule has 1 amide bonds. The Labute approximate surface area is 260 Å². The van der Waals surface area contributed by atoms with Crippen molar-refractivity contribution in [3.05, 3.63) is 65.0 Å². The first-order valence-electron chi connectivity index (χ1n) is 14.7. The number of rotatable bonds is 9. The van der Waals surface area contributed by atoms with E-state index in [0.717, 1.165) is 30.3 Å². The van der Waals surface area contributed by atoms with Crippen molar-refractivity contribution in [1.29, 1.82) is 0 Å². The summed E-state index contributed by atoms with van der Waals surface area (Å²) >= 11 is 0. The van der Waals surface area contributed by atoms with Gasteiger partial charge in [-0.05, 0) is 86.3 Å². The fourth-order valence-corrected chi connectivity index (χ4v) is 7.88. The number of hydrogen-bond acceptors (Lipinski definition) is 4. The molecule has 1 aliphatic heterocycles. The molecular formula is C31H33F8NO5S. The van der Waals surface area contributed by atoms with E-state index < -0.39 is 68.8 Å². The number of hydrogen-bond donors (Lipinski definition) is 1. The Morgan fingerprint density at radius 1 is 0.870 bits per heavy atom. The SMILES string of the molecule is C[C@@H]1CC(CCc2cc(C(F)(C(F)(F)F)C(F)(F)F)ccc2CS(=O)(=O)c2ccc(F)cc2)N(C(=O)C2CCC(C(=O)O)CC2)C1. The Balaban J connectivity index is 1.65. The maximum Gasteiger partial charge on any atom is 0.435 e. The van der Waals surface area contributed by atoms with Crippen LogP contribution in [0.1, 0.15) is 62.1 Å². The molecule has 254 valence electrons. The van der Waals surface area contributed by atoms with Crippen LogP contribution in [0.15, 0.2) is 47.4 Å². The van der Waals surface area contributed by atoms with E-state index in [-0.39, 0.29) is 46.8 Å². The highest BCUT2D eigenvalue weighted by Gasteiger charge is 2.73. The van der Waals surface area contributed by atoms with Crippen LogP contribution in [0.25, 0.3) is 0 Å². The van der Waals surface area contributed by atoms with Crippen molar-refractivity contribution < 1.29 is 58.2 Å². The lowest BCUT2D eigenvalue weighted by molar-refractivity contribution is -0.348. The van der Waals surface area contributed by atoms with E-state index in [9.17, 15) is 53.8 Å². The van der Waals surface area contributed by atoms with Crippen LogP contribution >= 0.6 is 0 Å². The summed E-state index contributed by atoms with van der Waals surface area (Å²) < 4.78 is 136. The minimum atomic E-state index is -6.38. The zero-order chi connectivity index (χ0) is 34.2. The molecule has 0 radical (unpaired) electrons. The summed E-state index contributed by atoms with van der Waals surface area (Å²) in [5.41, 5.74) is -7.93. The molecule has 1 saturated carbocycles. The van der Waals surface area contributed by atoms with Gasteiger partial charge in [0.05, 0.1) is 16.6 Å². The number of likely N-dealkylation sites (tertiary alicyclic amines) is 1. The summed E-state index contributed by atoms with van der Waals surface area (Å²) in [5, 5.41) is 9.26. The molecule has 1 N–H and O–H groups in total. The quantitative estimate of drug-likeness (QED) is 0.224. The van der Waals surface area contributed by atoms with Crippen molar-refractivity contribution >= 4 is 21.7 Å². The fourth-order valence-electron chi connectivity index (χ4n) is 6.47. The molecule has 2 aliphatic rings. The van der Waals surface area contributed by atoms with Crippen molar-refractivity contribution in [2.24, 2.45) is 17.8 Å². The van der Waals surface area contributed by atoms with E-state index >= 15 is 4.39 Å². The summed E-state index contributed by atoms with van der Waals surface area (Å²) in [5.74, 6) is -3.75. The second-order valence-electron chi connectivity index (χ2n) is 12.3. The van der Waals surface area contributed by atoms with E-state index in [1.54, 1.807) is 4.90 Å². The monoisotopic (exact) mass is 683 g/mol. The number of benzene rings is 2. The number of alkyl halides is 7. The molecule has 2 atom stereocenters. The number of sulfone groups is 1. The van der Waals surface area contributed by atoms with Crippen LogP contribution in [0.5, 0.6) is 0 Å². The van der Waals surface area contributed by atoms with E-state index in [2.05, 4.69) is 0 Å². The lowest BCUT2D eigenvalue weighted by Gasteiger charge is -2.32. The van der Waals surface area contributed by atoms with Crippen LogP contribution in [0, 0.1) is 23.6 Å². The molecule has 2 fully saturated rings. The number of nitrogens with zero attached hydrogens (tertiary/aromatic N) is 1. The molecule has 1 saturated heterocycles. The van der Waals surface area contributed by atoms with Gasteiger partial charge in [-0.1, -0.05) is 25.1 Å². The first-order chi connectivity index (χ1) is 21.2. The van der Waals surface area contributed by atoms with Gasteiger partial charge in [0.2, 0.25) is 5.91 Å². The molecular weight excluding hydrogens is 650 g/mol. The summed E-state index contributed by atoms with van der Waals surface area (Å²) in [4.78, 5) is 26.0. The van der Waals surface area contributed by atoms with Gasteiger partial charge in [0, 0.05) is 24.1 Å². The first kappa shape index (κ1) is 35.6. The van der Waals surface area contributed by atoms with Crippen LogP contribution in [-0.4, -0.2) is 55.2 Å². The number of aryl methyl sites for hydroxylation is 1. The number of carbonyl (C=O) groups is 2. The average Bonchev–Trinajstić information content (AvgIpc) is 3.34. The molecule has 0 bridgehead atoms. The Morgan fingerprint density at radius 3 is 1.98 bits per heavy atom. The predicted octanol–water partition coefficient (Wildman–Crippen LogP) is 7.15. The summed E-state index contributed by atoms with van der Waals surface area (Å²) in [6.07, 6.45) is -11.2.